The van der Waals surface area contributed by atoms with Crippen LogP contribution in [0.25, 0.3) is 12.2 Å². The van der Waals surface area contributed by atoms with Gasteiger partial charge in [-0.15, -0.1) is 0 Å². The first-order valence-corrected chi connectivity index (χ1v) is 8.34. The summed E-state index contributed by atoms with van der Waals surface area (Å²) < 4.78 is 5.41. The summed E-state index contributed by atoms with van der Waals surface area (Å²) in [6, 6.07) is 20.9. The molecule has 25 heavy (non-hydrogen) atoms. The Morgan fingerprint density at radius 3 is 2.24 bits per heavy atom. The standard InChI is InChI=1S/C22H20O3/c1-2-19(17-11-7-4-8-12-17)21-20(23)15-18(25-22(21)24)14-13-16-9-5-3-6-10-16/h3-15,19,23H,2H2,1H3. The molecule has 0 aliphatic heterocycles. The lowest BCUT2D eigenvalue weighted by Crippen LogP contribution is -2.14. The number of aromatic hydroxyl groups is 1. The number of hydrogen-bond acceptors (Lipinski definition) is 3. The molecular formula is C22H20O3. The highest BCUT2D eigenvalue weighted by Crippen LogP contribution is 2.31. The Balaban J connectivity index is 1.95. The van der Waals surface area contributed by atoms with Crippen LogP contribution in [-0.4, -0.2) is 5.11 Å². The van der Waals surface area contributed by atoms with Gasteiger partial charge in [0.15, 0.2) is 0 Å². The minimum absolute atomic E-state index is 0.0281. The van der Waals surface area contributed by atoms with Crippen molar-refractivity contribution in [3.63, 3.8) is 0 Å². The van der Waals surface area contributed by atoms with Gasteiger partial charge in [-0.3, -0.25) is 0 Å². The van der Waals surface area contributed by atoms with Gasteiger partial charge in [0.25, 0.3) is 0 Å². The van der Waals surface area contributed by atoms with Crippen molar-refractivity contribution in [1.82, 2.24) is 0 Å². The second kappa shape index (κ2) is 7.67. The molecule has 1 atom stereocenters. The summed E-state index contributed by atoms with van der Waals surface area (Å²) in [6.07, 6.45) is 4.22. The van der Waals surface area contributed by atoms with Gasteiger partial charge in [-0.05, 0) is 23.6 Å². The molecule has 126 valence electrons. The van der Waals surface area contributed by atoms with E-state index in [1.165, 1.54) is 6.07 Å². The maximum absolute atomic E-state index is 12.5. The van der Waals surface area contributed by atoms with Crippen LogP contribution >= 0.6 is 0 Å². The Labute approximate surface area is 146 Å². The summed E-state index contributed by atoms with van der Waals surface area (Å²) >= 11 is 0. The predicted octanol–water partition coefficient (Wildman–Crippen LogP) is 5.06. The maximum Gasteiger partial charge on any atom is 0.343 e. The first-order valence-electron chi connectivity index (χ1n) is 8.34. The lowest BCUT2D eigenvalue weighted by molar-refractivity contribution is 0.425. The smallest absolute Gasteiger partial charge is 0.343 e. The van der Waals surface area contributed by atoms with Crippen LogP contribution in [0.1, 0.15) is 41.7 Å². The summed E-state index contributed by atoms with van der Waals surface area (Å²) in [5.41, 5.74) is 1.79. The largest absolute Gasteiger partial charge is 0.507 e. The van der Waals surface area contributed by atoms with E-state index in [0.29, 0.717) is 17.7 Å². The molecule has 0 aliphatic carbocycles. The molecule has 1 N–H and O–H groups in total. The Hall–Kier alpha value is -3.07. The van der Waals surface area contributed by atoms with E-state index in [4.69, 9.17) is 4.42 Å². The number of rotatable bonds is 5. The van der Waals surface area contributed by atoms with Crippen LogP contribution < -0.4 is 5.63 Å². The Morgan fingerprint density at radius 2 is 1.64 bits per heavy atom. The molecule has 1 heterocycles. The van der Waals surface area contributed by atoms with Crippen molar-refractivity contribution in [3.8, 4) is 5.75 Å². The summed E-state index contributed by atoms with van der Waals surface area (Å²) in [5, 5.41) is 10.4. The fourth-order valence-electron chi connectivity index (χ4n) is 2.95. The predicted molar refractivity (Wildman–Crippen MR) is 101 cm³/mol. The maximum atomic E-state index is 12.5. The Bertz CT molecular complexity index is 909. The fraction of sp³-hybridized carbons (Fsp3) is 0.136. The van der Waals surface area contributed by atoms with Crippen LogP contribution in [0.4, 0.5) is 0 Å². The topological polar surface area (TPSA) is 50.4 Å². The van der Waals surface area contributed by atoms with Crippen molar-refractivity contribution in [2.45, 2.75) is 19.3 Å². The SMILES string of the molecule is CCC(c1ccccc1)c1c(O)cc(C=Cc2ccccc2)oc1=O. The van der Waals surface area contributed by atoms with E-state index in [-0.39, 0.29) is 11.7 Å². The van der Waals surface area contributed by atoms with E-state index in [9.17, 15) is 9.90 Å². The molecule has 3 nitrogen and oxygen atoms in total. The van der Waals surface area contributed by atoms with Crippen molar-refractivity contribution in [2.24, 2.45) is 0 Å². The van der Waals surface area contributed by atoms with Crippen LogP contribution in [0, 0.1) is 0 Å². The van der Waals surface area contributed by atoms with Crippen LogP contribution in [0.3, 0.4) is 0 Å². The number of benzene rings is 2. The molecule has 3 rings (SSSR count). The van der Waals surface area contributed by atoms with Crippen molar-refractivity contribution in [3.05, 3.63) is 99.6 Å². The summed E-state index contributed by atoms with van der Waals surface area (Å²) in [4.78, 5) is 12.5. The van der Waals surface area contributed by atoms with Crippen molar-refractivity contribution in [2.75, 3.05) is 0 Å². The minimum atomic E-state index is -0.497. The van der Waals surface area contributed by atoms with Crippen molar-refractivity contribution < 1.29 is 9.52 Å². The molecule has 0 radical (unpaired) electrons. The molecule has 0 bridgehead atoms. The van der Waals surface area contributed by atoms with E-state index in [1.807, 2.05) is 73.7 Å². The highest BCUT2D eigenvalue weighted by Gasteiger charge is 2.21. The zero-order valence-corrected chi connectivity index (χ0v) is 14.1. The van der Waals surface area contributed by atoms with E-state index < -0.39 is 5.63 Å². The van der Waals surface area contributed by atoms with Gasteiger partial charge in [-0.1, -0.05) is 73.7 Å². The second-order valence-electron chi connectivity index (χ2n) is 5.85. The zero-order chi connectivity index (χ0) is 17.6. The molecule has 3 heteroatoms. The minimum Gasteiger partial charge on any atom is -0.507 e. The highest BCUT2D eigenvalue weighted by atomic mass is 16.4. The molecule has 0 saturated heterocycles. The van der Waals surface area contributed by atoms with Crippen LogP contribution in [-0.2, 0) is 0 Å². The lowest BCUT2D eigenvalue weighted by atomic mass is 9.89. The fourth-order valence-corrected chi connectivity index (χ4v) is 2.95. The van der Waals surface area contributed by atoms with Crippen LogP contribution in [0.5, 0.6) is 5.75 Å². The summed E-state index contributed by atoms with van der Waals surface area (Å²) in [5.74, 6) is 0.113. The van der Waals surface area contributed by atoms with Crippen molar-refractivity contribution in [1.29, 1.82) is 0 Å². The quantitative estimate of drug-likeness (QED) is 0.710. The zero-order valence-electron chi connectivity index (χ0n) is 14.1. The third-order valence-corrected chi connectivity index (χ3v) is 4.18. The van der Waals surface area contributed by atoms with E-state index in [1.54, 1.807) is 6.08 Å². The van der Waals surface area contributed by atoms with Gasteiger partial charge in [0, 0.05) is 12.0 Å². The van der Waals surface area contributed by atoms with Gasteiger partial charge in [0.05, 0.1) is 5.56 Å². The molecule has 1 aromatic heterocycles. The first kappa shape index (κ1) is 16.8. The monoisotopic (exact) mass is 332 g/mol. The van der Waals surface area contributed by atoms with Crippen molar-refractivity contribution >= 4 is 12.2 Å². The molecule has 0 saturated carbocycles. The third-order valence-electron chi connectivity index (χ3n) is 4.18. The highest BCUT2D eigenvalue weighted by molar-refractivity contribution is 5.67. The van der Waals surface area contributed by atoms with E-state index >= 15 is 0 Å². The average molecular weight is 332 g/mol. The molecule has 0 amide bonds. The Kier molecular flexibility index (Phi) is 5.14. The van der Waals surface area contributed by atoms with Gasteiger partial charge in [-0.25, -0.2) is 4.79 Å². The molecule has 0 aliphatic rings. The van der Waals surface area contributed by atoms with Gasteiger partial charge in [0.1, 0.15) is 11.5 Å². The second-order valence-corrected chi connectivity index (χ2v) is 5.85. The first-order chi connectivity index (χ1) is 12.2. The average Bonchev–Trinajstić information content (AvgIpc) is 2.64. The third kappa shape index (κ3) is 3.89. The molecule has 1 unspecified atom stereocenters. The van der Waals surface area contributed by atoms with Gasteiger partial charge < -0.3 is 9.52 Å². The van der Waals surface area contributed by atoms with Gasteiger partial charge in [0.2, 0.25) is 0 Å². The summed E-state index contributed by atoms with van der Waals surface area (Å²) in [7, 11) is 0. The van der Waals surface area contributed by atoms with E-state index in [2.05, 4.69) is 0 Å². The molecule has 2 aromatic carbocycles. The molecule has 0 spiro atoms. The normalized spacial score (nSPS) is 12.4. The van der Waals surface area contributed by atoms with E-state index in [0.717, 1.165) is 11.1 Å². The van der Waals surface area contributed by atoms with Crippen LogP contribution in [0.15, 0.2) is 75.9 Å². The lowest BCUT2D eigenvalue weighted by Gasteiger charge is -2.15. The number of hydrogen-bond donors (Lipinski definition) is 1. The van der Waals surface area contributed by atoms with Gasteiger partial charge in [-0.2, -0.15) is 0 Å². The molecule has 0 fully saturated rings. The molecular weight excluding hydrogens is 312 g/mol. The Morgan fingerprint density at radius 1 is 1.00 bits per heavy atom. The summed E-state index contributed by atoms with van der Waals surface area (Å²) in [6.45, 7) is 1.99. The van der Waals surface area contributed by atoms with Gasteiger partial charge >= 0.3 is 5.63 Å². The molecule has 3 aromatic rings. The van der Waals surface area contributed by atoms with Crippen LogP contribution in [0.2, 0.25) is 0 Å².